The van der Waals surface area contributed by atoms with Gasteiger partial charge in [-0.25, -0.2) is 0 Å². The van der Waals surface area contributed by atoms with Crippen molar-refractivity contribution in [3.8, 4) is 5.75 Å². The molecule has 1 aromatic rings. The summed E-state index contributed by atoms with van der Waals surface area (Å²) in [4.78, 5) is 2.34. The van der Waals surface area contributed by atoms with E-state index >= 15 is 0 Å². The predicted molar refractivity (Wildman–Crippen MR) is 83.7 cm³/mol. The monoisotopic (exact) mass is 290 g/mol. The van der Waals surface area contributed by atoms with E-state index in [1.165, 1.54) is 30.4 Å². The van der Waals surface area contributed by atoms with Gasteiger partial charge in [-0.2, -0.15) is 0 Å². The van der Waals surface area contributed by atoms with E-state index in [2.05, 4.69) is 30.1 Å². The van der Waals surface area contributed by atoms with Crippen LogP contribution in [0.5, 0.6) is 5.75 Å². The zero-order valence-electron chi connectivity index (χ0n) is 12.9. The molecule has 2 N–H and O–H groups in total. The van der Waals surface area contributed by atoms with Crippen LogP contribution in [-0.4, -0.2) is 44.4 Å². The molecule has 4 heteroatoms. The molecule has 2 heterocycles. The highest BCUT2D eigenvalue weighted by molar-refractivity contribution is 5.40. The van der Waals surface area contributed by atoms with Gasteiger partial charge in [0.15, 0.2) is 0 Å². The Balaban J connectivity index is 1.68. The van der Waals surface area contributed by atoms with Crippen LogP contribution in [0.3, 0.4) is 0 Å². The Morgan fingerprint density at radius 2 is 2.24 bits per heavy atom. The molecule has 3 rings (SSSR count). The highest BCUT2D eigenvalue weighted by Gasteiger charge is 2.23. The minimum absolute atomic E-state index is 0.251. The Kier molecular flexibility index (Phi) is 4.78. The minimum atomic E-state index is 0.251. The lowest BCUT2D eigenvalue weighted by atomic mass is 10.0. The summed E-state index contributed by atoms with van der Waals surface area (Å²) in [5, 5.41) is 0. The SMILES string of the molecule is CN(CC1CCCCO1)C(CN)c1ccc2c(c1)CCO2. The van der Waals surface area contributed by atoms with Crippen molar-refractivity contribution in [3.05, 3.63) is 29.3 Å². The Bertz CT molecular complexity index is 472. The van der Waals surface area contributed by atoms with Crippen molar-refractivity contribution in [2.45, 2.75) is 37.8 Å². The third-order valence-electron chi connectivity index (χ3n) is 4.62. The topological polar surface area (TPSA) is 47.7 Å². The van der Waals surface area contributed by atoms with Gasteiger partial charge in [-0.1, -0.05) is 12.1 Å². The van der Waals surface area contributed by atoms with Gasteiger partial charge in [-0.05, 0) is 43.5 Å². The fraction of sp³-hybridized carbons (Fsp3) is 0.647. The standard InChI is InChI=1S/C17H26N2O2/c1-19(12-15-4-2-3-8-20-15)16(11-18)13-5-6-17-14(10-13)7-9-21-17/h5-6,10,15-16H,2-4,7-9,11-12,18H2,1H3. The molecule has 1 aromatic carbocycles. The normalized spacial score (nSPS) is 22.9. The van der Waals surface area contributed by atoms with Gasteiger partial charge in [0, 0.05) is 32.2 Å². The van der Waals surface area contributed by atoms with Gasteiger partial charge in [-0.3, -0.25) is 4.90 Å². The number of nitrogens with zero attached hydrogens (tertiary/aromatic N) is 1. The van der Waals surface area contributed by atoms with Gasteiger partial charge in [0.2, 0.25) is 0 Å². The third kappa shape index (κ3) is 3.39. The van der Waals surface area contributed by atoms with Crippen molar-refractivity contribution in [3.63, 3.8) is 0 Å². The van der Waals surface area contributed by atoms with Crippen molar-refractivity contribution in [2.24, 2.45) is 5.73 Å². The molecule has 0 aliphatic carbocycles. The fourth-order valence-electron chi connectivity index (χ4n) is 3.38. The van der Waals surface area contributed by atoms with Crippen molar-refractivity contribution < 1.29 is 9.47 Å². The number of fused-ring (bicyclic) bond motifs is 1. The van der Waals surface area contributed by atoms with Crippen LogP contribution < -0.4 is 10.5 Å². The van der Waals surface area contributed by atoms with Crippen molar-refractivity contribution >= 4 is 0 Å². The summed E-state index contributed by atoms with van der Waals surface area (Å²) in [6.45, 7) is 3.29. The van der Waals surface area contributed by atoms with Gasteiger partial charge < -0.3 is 15.2 Å². The summed E-state index contributed by atoms with van der Waals surface area (Å²) in [6.07, 6.45) is 5.01. The zero-order valence-corrected chi connectivity index (χ0v) is 12.9. The number of rotatable bonds is 5. The number of benzene rings is 1. The Hall–Kier alpha value is -1.10. The van der Waals surface area contributed by atoms with Gasteiger partial charge in [0.25, 0.3) is 0 Å². The maximum atomic E-state index is 6.04. The maximum Gasteiger partial charge on any atom is 0.122 e. The molecule has 2 aliphatic heterocycles. The van der Waals surface area contributed by atoms with E-state index in [9.17, 15) is 0 Å². The number of hydrogen-bond donors (Lipinski definition) is 1. The van der Waals surface area contributed by atoms with Crippen LogP contribution >= 0.6 is 0 Å². The third-order valence-corrected chi connectivity index (χ3v) is 4.62. The van der Waals surface area contributed by atoms with Crippen LogP contribution in [0.25, 0.3) is 0 Å². The first-order valence-electron chi connectivity index (χ1n) is 8.05. The summed E-state index contributed by atoms with van der Waals surface area (Å²) in [5.74, 6) is 1.03. The van der Waals surface area contributed by atoms with Gasteiger partial charge in [-0.15, -0.1) is 0 Å². The molecular formula is C17H26N2O2. The molecule has 2 unspecified atom stereocenters. The second kappa shape index (κ2) is 6.77. The van der Waals surface area contributed by atoms with Crippen LogP contribution in [0, 0.1) is 0 Å². The second-order valence-corrected chi connectivity index (χ2v) is 6.15. The van der Waals surface area contributed by atoms with E-state index in [0.29, 0.717) is 12.6 Å². The van der Waals surface area contributed by atoms with Crippen molar-refractivity contribution in [1.29, 1.82) is 0 Å². The summed E-state index contributed by atoms with van der Waals surface area (Å²) in [6, 6.07) is 6.75. The molecular weight excluding hydrogens is 264 g/mol. The Morgan fingerprint density at radius 1 is 1.33 bits per heavy atom. The molecule has 4 nitrogen and oxygen atoms in total. The van der Waals surface area contributed by atoms with Crippen LogP contribution in [0.4, 0.5) is 0 Å². The molecule has 116 valence electrons. The van der Waals surface area contributed by atoms with E-state index in [-0.39, 0.29) is 6.04 Å². The summed E-state index contributed by atoms with van der Waals surface area (Å²) >= 11 is 0. The second-order valence-electron chi connectivity index (χ2n) is 6.15. The van der Waals surface area contributed by atoms with Gasteiger partial charge in [0.1, 0.15) is 5.75 Å². The number of hydrogen-bond acceptors (Lipinski definition) is 4. The highest BCUT2D eigenvalue weighted by atomic mass is 16.5. The van der Waals surface area contributed by atoms with Crippen molar-refractivity contribution in [2.75, 3.05) is 33.4 Å². The maximum absolute atomic E-state index is 6.04. The van der Waals surface area contributed by atoms with Gasteiger partial charge in [0.05, 0.1) is 12.7 Å². The lowest BCUT2D eigenvalue weighted by Crippen LogP contribution is -2.38. The summed E-state index contributed by atoms with van der Waals surface area (Å²) in [7, 11) is 2.15. The average molecular weight is 290 g/mol. The molecule has 2 aliphatic rings. The average Bonchev–Trinajstić information content (AvgIpc) is 2.96. The Labute approximate surface area is 127 Å². The molecule has 0 radical (unpaired) electrons. The zero-order chi connectivity index (χ0) is 14.7. The molecule has 1 fully saturated rings. The quantitative estimate of drug-likeness (QED) is 0.902. The molecule has 0 spiro atoms. The Morgan fingerprint density at radius 3 is 3.00 bits per heavy atom. The van der Waals surface area contributed by atoms with Crippen LogP contribution in [-0.2, 0) is 11.2 Å². The van der Waals surface area contributed by atoms with Crippen molar-refractivity contribution in [1.82, 2.24) is 4.90 Å². The molecule has 0 saturated carbocycles. The minimum Gasteiger partial charge on any atom is -0.493 e. The molecule has 2 atom stereocenters. The first-order valence-corrected chi connectivity index (χ1v) is 8.05. The number of likely N-dealkylation sites (N-methyl/N-ethyl adjacent to an activating group) is 1. The largest absolute Gasteiger partial charge is 0.493 e. The molecule has 0 bridgehead atoms. The summed E-state index contributed by atoms with van der Waals surface area (Å²) < 4.78 is 11.4. The highest BCUT2D eigenvalue weighted by Crippen LogP contribution is 2.30. The van der Waals surface area contributed by atoms with Crippen LogP contribution in [0.1, 0.15) is 36.4 Å². The molecule has 1 saturated heterocycles. The number of nitrogens with two attached hydrogens (primary N) is 1. The lowest BCUT2D eigenvalue weighted by molar-refractivity contribution is -0.00778. The van der Waals surface area contributed by atoms with Crippen LogP contribution in [0.2, 0.25) is 0 Å². The molecule has 0 amide bonds. The van der Waals surface area contributed by atoms with E-state index in [1.807, 2.05) is 0 Å². The molecule has 0 aromatic heterocycles. The lowest BCUT2D eigenvalue weighted by Gasteiger charge is -2.32. The first-order chi connectivity index (χ1) is 10.3. The van der Waals surface area contributed by atoms with Gasteiger partial charge >= 0.3 is 0 Å². The predicted octanol–water partition coefficient (Wildman–Crippen LogP) is 2.12. The van der Waals surface area contributed by atoms with E-state index < -0.39 is 0 Å². The summed E-state index contributed by atoms with van der Waals surface area (Å²) in [5.41, 5.74) is 8.65. The van der Waals surface area contributed by atoms with Crippen LogP contribution in [0.15, 0.2) is 18.2 Å². The smallest absolute Gasteiger partial charge is 0.122 e. The molecule has 21 heavy (non-hydrogen) atoms. The fourth-order valence-corrected chi connectivity index (χ4v) is 3.38. The van der Waals surface area contributed by atoms with E-state index in [4.69, 9.17) is 15.2 Å². The van der Waals surface area contributed by atoms with E-state index in [0.717, 1.165) is 31.9 Å². The number of ether oxygens (including phenoxy) is 2. The van der Waals surface area contributed by atoms with E-state index in [1.54, 1.807) is 0 Å². The first kappa shape index (κ1) is 14.8.